The molecule has 1 atom stereocenters. The largest absolute Gasteiger partial charge is 0.398 e. The summed E-state index contributed by atoms with van der Waals surface area (Å²) in [6, 6.07) is 14.4. The van der Waals surface area contributed by atoms with Gasteiger partial charge in [-0.2, -0.15) is 5.10 Å². The van der Waals surface area contributed by atoms with Crippen molar-refractivity contribution in [3.05, 3.63) is 78.3 Å². The molecule has 3 N–H and O–H groups in total. The van der Waals surface area contributed by atoms with Crippen LogP contribution < -0.4 is 10.6 Å². The zero-order chi connectivity index (χ0) is 30.9. The molecular formula is C36H42N8O. The van der Waals surface area contributed by atoms with Gasteiger partial charge in [-0.3, -0.25) is 14.4 Å². The molecule has 1 aromatic heterocycles. The van der Waals surface area contributed by atoms with Gasteiger partial charge in [0.15, 0.2) is 5.82 Å². The number of nitrogens with one attached hydrogen (secondary N) is 1. The van der Waals surface area contributed by atoms with Crippen LogP contribution in [0.4, 0.5) is 11.4 Å². The van der Waals surface area contributed by atoms with Crippen molar-refractivity contribution in [2.75, 3.05) is 49.9 Å². The normalized spacial score (nSPS) is 27.4. The molecule has 2 bridgehead atoms. The van der Waals surface area contributed by atoms with Crippen LogP contribution in [0.15, 0.2) is 67.1 Å². The molecule has 0 radical (unpaired) electrons. The summed E-state index contributed by atoms with van der Waals surface area (Å²) in [4.78, 5) is 25.0. The second-order valence-electron chi connectivity index (χ2n) is 14.2. The zero-order valence-corrected chi connectivity index (χ0v) is 26.1. The monoisotopic (exact) mass is 602 g/mol. The summed E-state index contributed by atoms with van der Waals surface area (Å²) >= 11 is 0. The van der Waals surface area contributed by atoms with Crippen LogP contribution in [-0.2, 0) is 11.8 Å². The molecule has 2 aromatic carbocycles. The lowest BCUT2D eigenvalue weighted by Crippen LogP contribution is -2.56. The lowest BCUT2D eigenvalue weighted by Gasteiger charge is -2.62. The van der Waals surface area contributed by atoms with Gasteiger partial charge in [0.25, 0.3) is 0 Å². The lowest BCUT2D eigenvalue weighted by molar-refractivity contribution is -0.125. The first-order chi connectivity index (χ1) is 21.7. The topological polar surface area (TPSA) is 107 Å². The quantitative estimate of drug-likeness (QED) is 0.279. The number of aromatic nitrogens is 3. The number of nitrogen functional groups attached to an aromatic ring is 1. The molecule has 3 saturated carbocycles. The number of aryl methyl sites for hydroxylation is 1. The molecule has 9 heteroatoms. The fraction of sp³-hybridized carbons (Fsp3) is 0.444. The van der Waals surface area contributed by atoms with Crippen LogP contribution in [0.3, 0.4) is 0 Å². The molecule has 6 aliphatic rings. The van der Waals surface area contributed by atoms with E-state index in [0.29, 0.717) is 11.4 Å². The van der Waals surface area contributed by atoms with E-state index in [1.807, 2.05) is 30.1 Å². The molecule has 3 aromatic rings. The highest BCUT2D eigenvalue weighted by Crippen LogP contribution is 2.65. The standard InChI is InChI=1S/C36H42N8O/c1-24(43-13-9-27(10-14-43)26-3-5-28(6-4-26)33-39-23-41(2)40-33)21-42-15-11-35(22-42)12-16-44(34(35)45)29-7-8-31(37)30(17-29)32(38)36-18-25(19-36)20-36/h3-9,17,23,25,38H,1,10-16,18-22,37H2,2H3/t25?,35-,36?/m0/s1. The Morgan fingerprint density at radius 1 is 1.07 bits per heavy atom. The van der Waals surface area contributed by atoms with Gasteiger partial charge >= 0.3 is 0 Å². The summed E-state index contributed by atoms with van der Waals surface area (Å²) < 4.78 is 1.72. The maximum atomic E-state index is 13.9. The number of benzene rings is 2. The second-order valence-corrected chi connectivity index (χ2v) is 14.2. The fourth-order valence-electron chi connectivity index (χ4n) is 8.42. The number of rotatable bonds is 8. The van der Waals surface area contributed by atoms with Crippen molar-refractivity contribution < 1.29 is 4.79 Å². The van der Waals surface area contributed by atoms with Gasteiger partial charge in [-0.15, -0.1) is 0 Å². The van der Waals surface area contributed by atoms with Crippen molar-refractivity contribution in [1.29, 1.82) is 5.41 Å². The van der Waals surface area contributed by atoms with Gasteiger partial charge in [-0.05, 0) is 80.3 Å². The van der Waals surface area contributed by atoms with Crippen LogP contribution in [0.2, 0.25) is 0 Å². The number of hydrogen-bond acceptors (Lipinski definition) is 7. The van der Waals surface area contributed by atoms with E-state index in [1.165, 1.54) is 11.1 Å². The van der Waals surface area contributed by atoms with Gasteiger partial charge in [-0.1, -0.05) is 36.9 Å². The van der Waals surface area contributed by atoms with Gasteiger partial charge in [0.05, 0.1) is 5.41 Å². The number of nitrogens with zero attached hydrogens (tertiary/aromatic N) is 6. The van der Waals surface area contributed by atoms with E-state index in [4.69, 9.17) is 11.1 Å². The summed E-state index contributed by atoms with van der Waals surface area (Å²) in [6.45, 7) is 9.44. The van der Waals surface area contributed by atoms with E-state index < -0.39 is 0 Å². The summed E-state index contributed by atoms with van der Waals surface area (Å²) in [5.74, 6) is 1.77. The highest BCUT2D eigenvalue weighted by atomic mass is 16.2. The van der Waals surface area contributed by atoms with Crippen LogP contribution in [0.5, 0.6) is 0 Å². The molecule has 9 nitrogen and oxygen atoms in total. The van der Waals surface area contributed by atoms with Crippen molar-refractivity contribution in [3.8, 4) is 11.4 Å². The third kappa shape index (κ3) is 4.71. The lowest BCUT2D eigenvalue weighted by atomic mass is 9.42. The Balaban J connectivity index is 0.875. The Morgan fingerprint density at radius 3 is 2.49 bits per heavy atom. The Bertz CT molecular complexity index is 1720. The van der Waals surface area contributed by atoms with Crippen LogP contribution >= 0.6 is 0 Å². The molecule has 1 amide bonds. The van der Waals surface area contributed by atoms with Crippen LogP contribution in [0, 0.1) is 22.2 Å². The molecule has 5 fully saturated rings. The molecule has 2 saturated heterocycles. The summed E-state index contributed by atoms with van der Waals surface area (Å²) in [7, 11) is 1.88. The van der Waals surface area contributed by atoms with E-state index in [2.05, 4.69) is 56.8 Å². The highest BCUT2D eigenvalue weighted by Gasteiger charge is 2.59. The zero-order valence-electron chi connectivity index (χ0n) is 26.1. The van der Waals surface area contributed by atoms with Crippen molar-refractivity contribution in [3.63, 3.8) is 0 Å². The SMILES string of the molecule is C=C(CN1CC[C@]2(CCN(c3ccc(N)c(C(=N)C45CC(C4)C5)c3)C2=O)C1)N1CC=C(c2ccc(-c3ncn(C)n3)cc2)CC1. The van der Waals surface area contributed by atoms with Gasteiger partial charge < -0.3 is 20.9 Å². The van der Waals surface area contributed by atoms with Gasteiger partial charge in [0, 0.05) is 79.1 Å². The first kappa shape index (κ1) is 28.2. The minimum Gasteiger partial charge on any atom is -0.398 e. The van der Waals surface area contributed by atoms with Gasteiger partial charge in [0.2, 0.25) is 5.91 Å². The van der Waals surface area contributed by atoms with Crippen molar-refractivity contribution in [2.45, 2.75) is 38.5 Å². The van der Waals surface area contributed by atoms with Crippen molar-refractivity contribution in [2.24, 2.45) is 23.8 Å². The first-order valence-electron chi connectivity index (χ1n) is 16.3. The predicted octanol–water partition coefficient (Wildman–Crippen LogP) is 4.96. The smallest absolute Gasteiger partial charge is 0.234 e. The number of likely N-dealkylation sites (tertiary alicyclic amines) is 1. The molecule has 232 valence electrons. The third-order valence-corrected chi connectivity index (χ3v) is 11.3. The van der Waals surface area contributed by atoms with Crippen molar-refractivity contribution in [1.82, 2.24) is 24.6 Å². The molecule has 4 heterocycles. The average molecular weight is 603 g/mol. The third-order valence-electron chi connectivity index (χ3n) is 11.3. The molecule has 3 aliphatic carbocycles. The Hall–Kier alpha value is -4.24. The van der Waals surface area contributed by atoms with E-state index in [1.54, 1.807) is 11.0 Å². The predicted molar refractivity (Wildman–Crippen MR) is 178 cm³/mol. The van der Waals surface area contributed by atoms with E-state index in [-0.39, 0.29) is 16.7 Å². The molecule has 9 rings (SSSR count). The maximum absolute atomic E-state index is 13.9. The number of carbonyl (C=O) groups excluding carboxylic acids is 1. The molecule has 1 spiro atoms. The van der Waals surface area contributed by atoms with Crippen LogP contribution in [-0.4, -0.2) is 75.5 Å². The second kappa shape index (κ2) is 10.4. The minimum atomic E-state index is -0.338. The number of amides is 1. The summed E-state index contributed by atoms with van der Waals surface area (Å²) in [6.07, 6.45) is 10.1. The minimum absolute atomic E-state index is 0.0394. The Morgan fingerprint density at radius 2 is 1.82 bits per heavy atom. The number of hydrogen-bond donors (Lipinski definition) is 2. The van der Waals surface area contributed by atoms with Crippen LogP contribution in [0.1, 0.15) is 49.7 Å². The molecule has 0 unspecified atom stereocenters. The Labute approximate surface area is 264 Å². The maximum Gasteiger partial charge on any atom is 0.234 e. The first-order valence-corrected chi connectivity index (χ1v) is 16.3. The van der Waals surface area contributed by atoms with E-state index in [9.17, 15) is 4.79 Å². The molecular weight excluding hydrogens is 560 g/mol. The van der Waals surface area contributed by atoms with Gasteiger partial charge in [0.1, 0.15) is 6.33 Å². The number of anilines is 2. The fourth-order valence-corrected chi connectivity index (χ4v) is 8.42. The molecule has 45 heavy (non-hydrogen) atoms. The summed E-state index contributed by atoms with van der Waals surface area (Å²) in [5.41, 5.74) is 13.8. The highest BCUT2D eigenvalue weighted by molar-refractivity contribution is 6.09. The summed E-state index contributed by atoms with van der Waals surface area (Å²) in [5, 5.41) is 13.3. The Kier molecular flexibility index (Phi) is 6.53. The number of nitrogens with two attached hydrogens (primary N) is 1. The van der Waals surface area contributed by atoms with Gasteiger partial charge in [-0.25, -0.2) is 4.98 Å². The van der Waals surface area contributed by atoms with Crippen molar-refractivity contribution >= 4 is 28.6 Å². The van der Waals surface area contributed by atoms with E-state index in [0.717, 1.165) is 112 Å². The molecule has 3 aliphatic heterocycles. The van der Waals surface area contributed by atoms with Crippen LogP contribution in [0.25, 0.3) is 17.0 Å². The number of carbonyl (C=O) groups is 1. The van der Waals surface area contributed by atoms with E-state index >= 15 is 0 Å². The average Bonchev–Trinajstić information content (AvgIpc) is 3.71.